The summed E-state index contributed by atoms with van der Waals surface area (Å²) in [6, 6.07) is 3.87. The molecule has 0 amide bonds. The van der Waals surface area contributed by atoms with E-state index >= 15 is 4.39 Å². The summed E-state index contributed by atoms with van der Waals surface area (Å²) in [5.74, 6) is -2.25. The van der Waals surface area contributed by atoms with Gasteiger partial charge in [-0.3, -0.25) is 4.90 Å². The molecule has 0 aliphatic carbocycles. The normalized spacial score (nSPS) is 24.2. The Morgan fingerprint density at radius 3 is 2.65 bits per heavy atom. The number of ether oxygens (including phenoxy) is 1. The van der Waals surface area contributed by atoms with Crippen LogP contribution < -0.4 is 15.4 Å². The van der Waals surface area contributed by atoms with E-state index in [0.717, 1.165) is 24.6 Å². The standard InChI is InChI=1S/C32H30F6N6O2S.C2H6/c1-15-3-4-17(45)13-44(15)29-19-9-21(32(36,37)38)24(18-5-6-22(34)27-23(18)20(11-39)28(40)47-27)25(35)26(19)41-30(42-29)46-14-31-7-2-8-43(31)12-16(33)10-31;1-2/h5-6,9,15-17,45H,2-4,7-8,10,12-14,40H2,1H3;1-2H3. The van der Waals surface area contributed by atoms with Crippen LogP contribution in [0.1, 0.15) is 64.0 Å². The average molecular weight is 707 g/mol. The molecule has 0 radical (unpaired) electrons. The van der Waals surface area contributed by atoms with E-state index in [4.69, 9.17) is 10.5 Å². The maximum atomic E-state index is 16.9. The molecule has 15 heteroatoms. The van der Waals surface area contributed by atoms with Crippen molar-refractivity contribution in [2.45, 2.75) is 82.9 Å². The van der Waals surface area contributed by atoms with Gasteiger partial charge < -0.3 is 20.5 Å². The highest BCUT2D eigenvalue weighted by atomic mass is 32.1. The second-order valence-corrected chi connectivity index (χ2v) is 13.7. The molecule has 3 aliphatic rings. The molecular formula is C34H36F6N6O2S. The molecule has 262 valence electrons. The zero-order valence-corrected chi connectivity index (χ0v) is 28.0. The molecule has 0 bridgehead atoms. The van der Waals surface area contributed by atoms with Crippen LogP contribution in [0.25, 0.3) is 32.1 Å². The van der Waals surface area contributed by atoms with Crippen molar-refractivity contribution in [2.24, 2.45) is 0 Å². The first-order valence-corrected chi connectivity index (χ1v) is 17.1. The molecule has 3 fully saturated rings. The molecule has 4 atom stereocenters. The Balaban J connectivity index is 0.00000205. The fraction of sp³-hybridized carbons (Fsp3) is 0.500. The van der Waals surface area contributed by atoms with Gasteiger partial charge in [-0.05, 0) is 56.8 Å². The highest BCUT2D eigenvalue weighted by molar-refractivity contribution is 7.23. The van der Waals surface area contributed by atoms with E-state index in [1.807, 2.05) is 31.7 Å². The highest BCUT2D eigenvalue weighted by Crippen LogP contribution is 2.48. The van der Waals surface area contributed by atoms with Crippen molar-refractivity contribution in [1.29, 1.82) is 5.26 Å². The first kappa shape index (κ1) is 35.0. The van der Waals surface area contributed by atoms with Gasteiger partial charge in [-0.1, -0.05) is 19.9 Å². The van der Waals surface area contributed by atoms with Gasteiger partial charge in [0.05, 0.1) is 27.5 Å². The lowest BCUT2D eigenvalue weighted by Crippen LogP contribution is -2.45. The second-order valence-electron chi connectivity index (χ2n) is 12.7. The van der Waals surface area contributed by atoms with Gasteiger partial charge in [0.2, 0.25) is 0 Å². The largest absolute Gasteiger partial charge is 0.461 e. The molecule has 3 saturated heterocycles. The Bertz CT molecular complexity index is 1950. The number of aromatic nitrogens is 2. The van der Waals surface area contributed by atoms with Gasteiger partial charge in [0.25, 0.3) is 0 Å². The summed E-state index contributed by atoms with van der Waals surface area (Å²) < 4.78 is 96.7. The number of β-amino-alcohol motifs (C(OH)–C–C–N with tert-alkyl or cyclic N) is 1. The quantitative estimate of drug-likeness (QED) is 0.204. The Hall–Kier alpha value is -3.87. The third-order valence-electron chi connectivity index (χ3n) is 9.76. The third-order valence-corrected chi connectivity index (χ3v) is 10.8. The molecular weight excluding hydrogens is 670 g/mol. The van der Waals surface area contributed by atoms with E-state index in [1.54, 1.807) is 4.90 Å². The maximum absolute atomic E-state index is 16.9. The zero-order chi connectivity index (χ0) is 35.4. The Morgan fingerprint density at radius 1 is 1.18 bits per heavy atom. The molecule has 4 unspecified atom stereocenters. The van der Waals surface area contributed by atoms with Gasteiger partial charge in [-0.2, -0.15) is 28.4 Å². The molecule has 3 N–H and O–H groups in total. The molecule has 7 rings (SSSR count). The third kappa shape index (κ3) is 6.01. The number of nitrogen functional groups attached to an aromatic ring is 1. The molecule has 4 aromatic rings. The number of aliphatic hydroxyl groups is 1. The number of aliphatic hydroxyl groups excluding tert-OH is 1. The number of nitrogens with two attached hydrogens (primary N) is 1. The number of hydrogen-bond donors (Lipinski definition) is 2. The van der Waals surface area contributed by atoms with E-state index in [-0.39, 0.29) is 75.6 Å². The topological polar surface area (TPSA) is 112 Å². The van der Waals surface area contributed by atoms with Crippen molar-refractivity contribution in [3.63, 3.8) is 0 Å². The summed E-state index contributed by atoms with van der Waals surface area (Å²) in [5.41, 5.74) is 1.89. The summed E-state index contributed by atoms with van der Waals surface area (Å²) in [6.45, 7) is 6.79. The number of nitrogens with zero attached hydrogens (tertiary/aromatic N) is 5. The number of piperidine rings is 1. The number of hydrogen-bond acceptors (Lipinski definition) is 9. The van der Waals surface area contributed by atoms with Gasteiger partial charge in [0, 0.05) is 41.9 Å². The lowest BCUT2D eigenvalue weighted by molar-refractivity contribution is -0.137. The molecule has 5 heterocycles. The van der Waals surface area contributed by atoms with Crippen LogP contribution in [0, 0.1) is 23.0 Å². The number of benzene rings is 2. The predicted octanol–water partition coefficient (Wildman–Crippen LogP) is 7.59. The summed E-state index contributed by atoms with van der Waals surface area (Å²) in [5, 5.41) is 19.7. The number of anilines is 2. The smallest absolute Gasteiger partial charge is 0.417 e. The van der Waals surface area contributed by atoms with E-state index < -0.39 is 52.3 Å². The van der Waals surface area contributed by atoms with Crippen LogP contribution in [0.3, 0.4) is 0 Å². The fourth-order valence-electron chi connectivity index (χ4n) is 7.50. The molecule has 0 spiro atoms. The van der Waals surface area contributed by atoms with Gasteiger partial charge in [0.1, 0.15) is 41.0 Å². The number of thiophene rings is 1. The Morgan fingerprint density at radius 2 is 1.94 bits per heavy atom. The first-order chi connectivity index (χ1) is 23.3. The molecule has 3 aliphatic heterocycles. The number of nitriles is 1. The van der Waals surface area contributed by atoms with Crippen molar-refractivity contribution in [3.05, 3.63) is 41.0 Å². The van der Waals surface area contributed by atoms with Crippen molar-refractivity contribution in [3.8, 4) is 23.2 Å². The van der Waals surface area contributed by atoms with Crippen LogP contribution in [0.2, 0.25) is 0 Å². The van der Waals surface area contributed by atoms with Crippen molar-refractivity contribution in [1.82, 2.24) is 14.9 Å². The number of halogens is 6. The van der Waals surface area contributed by atoms with E-state index in [9.17, 15) is 32.3 Å². The number of alkyl halides is 4. The van der Waals surface area contributed by atoms with Crippen LogP contribution in [0.4, 0.5) is 37.2 Å². The fourth-order valence-corrected chi connectivity index (χ4v) is 8.45. The van der Waals surface area contributed by atoms with Crippen LogP contribution in [0.15, 0.2) is 18.2 Å². The van der Waals surface area contributed by atoms with Crippen LogP contribution in [-0.4, -0.2) is 70.1 Å². The van der Waals surface area contributed by atoms with Gasteiger partial charge >= 0.3 is 12.2 Å². The SMILES string of the molecule is CC.CC1CCC(O)CN1c1nc(OCC23CCCN2CC(F)C3)nc2c(F)c(-c3ccc(F)c4sc(N)c(C#N)c34)c(C(F)(F)F)cc12. The van der Waals surface area contributed by atoms with Crippen molar-refractivity contribution >= 4 is 43.1 Å². The Kier molecular flexibility index (Phi) is 9.36. The summed E-state index contributed by atoms with van der Waals surface area (Å²) in [4.78, 5) is 12.4. The Labute approximate surface area is 283 Å². The van der Waals surface area contributed by atoms with Crippen molar-refractivity contribution < 1.29 is 36.2 Å². The summed E-state index contributed by atoms with van der Waals surface area (Å²) in [7, 11) is 0. The minimum atomic E-state index is -5.10. The number of rotatable bonds is 5. The maximum Gasteiger partial charge on any atom is 0.417 e. The summed E-state index contributed by atoms with van der Waals surface area (Å²) in [6.07, 6.45) is -4.25. The lowest BCUT2D eigenvalue weighted by atomic mass is 9.92. The second kappa shape index (κ2) is 13.1. The lowest BCUT2D eigenvalue weighted by Gasteiger charge is -2.37. The zero-order valence-electron chi connectivity index (χ0n) is 27.2. The predicted molar refractivity (Wildman–Crippen MR) is 176 cm³/mol. The minimum absolute atomic E-state index is 0.00997. The van der Waals surface area contributed by atoms with Gasteiger partial charge in [0.15, 0.2) is 5.82 Å². The van der Waals surface area contributed by atoms with Crippen molar-refractivity contribution in [2.75, 3.05) is 36.9 Å². The van der Waals surface area contributed by atoms with Crippen LogP contribution in [0.5, 0.6) is 6.01 Å². The molecule has 0 saturated carbocycles. The molecule has 2 aromatic heterocycles. The van der Waals surface area contributed by atoms with E-state index in [2.05, 4.69) is 9.97 Å². The van der Waals surface area contributed by atoms with E-state index in [1.165, 1.54) is 0 Å². The highest BCUT2D eigenvalue weighted by Gasteiger charge is 2.49. The molecule has 49 heavy (non-hydrogen) atoms. The van der Waals surface area contributed by atoms with Gasteiger partial charge in [-0.15, -0.1) is 11.3 Å². The van der Waals surface area contributed by atoms with E-state index in [0.29, 0.717) is 37.1 Å². The van der Waals surface area contributed by atoms with Crippen LogP contribution >= 0.6 is 11.3 Å². The number of fused-ring (bicyclic) bond motifs is 3. The summed E-state index contributed by atoms with van der Waals surface area (Å²) >= 11 is 0.681. The van der Waals surface area contributed by atoms with Crippen LogP contribution in [-0.2, 0) is 6.18 Å². The average Bonchev–Trinajstić information content (AvgIpc) is 3.71. The molecule has 8 nitrogen and oxygen atoms in total. The minimum Gasteiger partial charge on any atom is -0.461 e. The first-order valence-electron chi connectivity index (χ1n) is 16.3. The molecule has 2 aromatic carbocycles. The monoisotopic (exact) mass is 706 g/mol. The van der Waals surface area contributed by atoms with Gasteiger partial charge in [-0.25, -0.2) is 13.2 Å².